The largest absolute Gasteiger partial charge is 0.341 e. The monoisotopic (exact) mass is 394 g/mol. The van der Waals surface area contributed by atoms with E-state index in [9.17, 15) is 22.0 Å². The van der Waals surface area contributed by atoms with Crippen LogP contribution in [0.25, 0.3) is 0 Å². The number of hydrogen-bond acceptors (Lipinski definition) is 3. The normalized spacial score (nSPS) is 20.0. The molecule has 1 unspecified atom stereocenters. The molecule has 1 heterocycles. The molecular weight excluding hydrogens is 374 g/mol. The third-order valence-electron chi connectivity index (χ3n) is 4.91. The highest BCUT2D eigenvalue weighted by Gasteiger charge is 2.37. The van der Waals surface area contributed by atoms with Gasteiger partial charge in [0, 0.05) is 18.5 Å². The van der Waals surface area contributed by atoms with Gasteiger partial charge in [-0.1, -0.05) is 31.2 Å². The van der Waals surface area contributed by atoms with E-state index >= 15 is 0 Å². The Morgan fingerprint density at radius 3 is 2.48 bits per heavy atom. The summed E-state index contributed by atoms with van der Waals surface area (Å²) in [6, 6.07) is 11.2. The minimum absolute atomic E-state index is 0.323. The fraction of sp³-hybridized carbons (Fsp3) is 0.316. The van der Waals surface area contributed by atoms with Crippen LogP contribution in [0.15, 0.2) is 53.4 Å². The molecule has 2 aromatic rings. The van der Waals surface area contributed by atoms with Gasteiger partial charge in [-0.05, 0) is 36.2 Å². The molecule has 1 aliphatic rings. The summed E-state index contributed by atoms with van der Waals surface area (Å²) in [5.41, 5.74) is 0.597. The van der Waals surface area contributed by atoms with Crippen molar-refractivity contribution in [1.82, 2.24) is 9.62 Å². The molecule has 0 radical (unpaired) electrons. The summed E-state index contributed by atoms with van der Waals surface area (Å²) in [6.45, 7) is 2.40. The molecule has 27 heavy (non-hydrogen) atoms. The summed E-state index contributed by atoms with van der Waals surface area (Å²) >= 11 is 0. The number of likely N-dealkylation sites (tertiary alicyclic amines) is 1. The van der Waals surface area contributed by atoms with Gasteiger partial charge in [-0.2, -0.15) is 0 Å². The molecule has 1 saturated heterocycles. The fourth-order valence-electron chi connectivity index (χ4n) is 3.27. The van der Waals surface area contributed by atoms with E-state index in [0.29, 0.717) is 19.5 Å². The van der Waals surface area contributed by atoms with Gasteiger partial charge in [0.1, 0.15) is 16.5 Å². The predicted molar refractivity (Wildman–Crippen MR) is 96.5 cm³/mol. The number of halogens is 2. The molecule has 1 fully saturated rings. The van der Waals surface area contributed by atoms with Crippen LogP contribution in [0.5, 0.6) is 0 Å². The van der Waals surface area contributed by atoms with Crippen LogP contribution in [0.3, 0.4) is 0 Å². The number of hydrogen-bond donors (Lipinski definition) is 1. The van der Waals surface area contributed by atoms with Gasteiger partial charge in [-0.15, -0.1) is 0 Å². The Bertz CT molecular complexity index is 948. The van der Waals surface area contributed by atoms with Crippen LogP contribution in [0.4, 0.5) is 8.78 Å². The number of sulfonamides is 1. The molecule has 3 rings (SSSR count). The Morgan fingerprint density at radius 1 is 1.15 bits per heavy atom. The van der Waals surface area contributed by atoms with Crippen molar-refractivity contribution >= 4 is 15.9 Å². The highest BCUT2D eigenvalue weighted by molar-refractivity contribution is 7.89. The van der Waals surface area contributed by atoms with Gasteiger partial charge in [-0.25, -0.2) is 21.9 Å². The minimum Gasteiger partial charge on any atom is -0.341 e. The zero-order valence-corrected chi connectivity index (χ0v) is 15.6. The van der Waals surface area contributed by atoms with Crippen molar-refractivity contribution in [3.8, 4) is 0 Å². The van der Waals surface area contributed by atoms with Crippen LogP contribution < -0.4 is 4.72 Å². The molecule has 0 aromatic heterocycles. The molecule has 1 N–H and O–H groups in total. The summed E-state index contributed by atoms with van der Waals surface area (Å²) in [6.07, 6.45) is 0.685. The molecule has 1 aliphatic heterocycles. The second kappa shape index (κ2) is 7.36. The van der Waals surface area contributed by atoms with Gasteiger partial charge >= 0.3 is 0 Å². The number of nitrogens with zero attached hydrogens (tertiary/aromatic N) is 1. The lowest BCUT2D eigenvalue weighted by atomic mass is 9.82. The van der Waals surface area contributed by atoms with Crippen LogP contribution in [0.2, 0.25) is 0 Å². The lowest BCUT2D eigenvalue weighted by Gasteiger charge is -2.25. The number of nitrogens with one attached hydrogen (secondary N) is 1. The van der Waals surface area contributed by atoms with Crippen molar-refractivity contribution in [2.75, 3.05) is 19.6 Å². The van der Waals surface area contributed by atoms with E-state index < -0.39 is 27.3 Å². The van der Waals surface area contributed by atoms with Gasteiger partial charge in [0.15, 0.2) is 0 Å². The number of carbonyl (C=O) groups is 1. The van der Waals surface area contributed by atoms with Crippen LogP contribution in [-0.4, -0.2) is 38.9 Å². The average Bonchev–Trinajstić information content (AvgIpc) is 3.04. The molecule has 1 atom stereocenters. The van der Waals surface area contributed by atoms with E-state index in [0.717, 1.165) is 17.7 Å². The third kappa shape index (κ3) is 4.17. The Hall–Kier alpha value is -2.32. The molecule has 2 aromatic carbocycles. The molecule has 8 heteroatoms. The van der Waals surface area contributed by atoms with Crippen molar-refractivity contribution in [2.45, 2.75) is 23.7 Å². The first kappa shape index (κ1) is 19.4. The molecule has 0 bridgehead atoms. The summed E-state index contributed by atoms with van der Waals surface area (Å²) < 4.78 is 53.4. The number of rotatable bonds is 5. The molecule has 5 nitrogen and oxygen atoms in total. The molecular formula is C19H20F2N2O3S. The maximum absolute atomic E-state index is 13.7. The summed E-state index contributed by atoms with van der Waals surface area (Å²) in [7, 11) is -4.12. The molecule has 0 aliphatic carbocycles. The summed E-state index contributed by atoms with van der Waals surface area (Å²) in [4.78, 5) is 13.5. The summed E-state index contributed by atoms with van der Waals surface area (Å²) in [5, 5.41) is 0. The van der Waals surface area contributed by atoms with E-state index in [-0.39, 0.29) is 17.1 Å². The van der Waals surface area contributed by atoms with Gasteiger partial charge < -0.3 is 4.90 Å². The van der Waals surface area contributed by atoms with Gasteiger partial charge in [-0.3, -0.25) is 4.79 Å². The van der Waals surface area contributed by atoms with Crippen molar-refractivity contribution in [3.63, 3.8) is 0 Å². The van der Waals surface area contributed by atoms with E-state index in [1.165, 1.54) is 24.3 Å². The highest BCUT2D eigenvalue weighted by Crippen LogP contribution is 2.34. The quantitative estimate of drug-likeness (QED) is 0.847. The smallest absolute Gasteiger partial charge is 0.243 e. The maximum Gasteiger partial charge on any atom is 0.243 e. The van der Waals surface area contributed by atoms with E-state index in [2.05, 4.69) is 4.72 Å². The Morgan fingerprint density at radius 2 is 1.81 bits per heavy atom. The Labute approximate surface area is 157 Å². The molecule has 144 valence electrons. The SMILES string of the molecule is CC1(c2ccc(F)cc2)CCN(C(=O)CNS(=O)(=O)c2ccccc2F)C1. The van der Waals surface area contributed by atoms with Crippen LogP contribution in [0.1, 0.15) is 18.9 Å². The van der Waals surface area contributed by atoms with Crippen LogP contribution >= 0.6 is 0 Å². The maximum atomic E-state index is 13.7. The van der Waals surface area contributed by atoms with E-state index in [1.807, 2.05) is 6.92 Å². The first-order valence-electron chi connectivity index (χ1n) is 8.49. The van der Waals surface area contributed by atoms with Crippen molar-refractivity contribution in [1.29, 1.82) is 0 Å². The van der Waals surface area contributed by atoms with Gasteiger partial charge in [0.05, 0.1) is 6.54 Å². The van der Waals surface area contributed by atoms with E-state index in [1.54, 1.807) is 17.0 Å². The lowest BCUT2D eigenvalue weighted by molar-refractivity contribution is -0.129. The highest BCUT2D eigenvalue weighted by atomic mass is 32.2. The van der Waals surface area contributed by atoms with Crippen molar-refractivity contribution < 1.29 is 22.0 Å². The number of amides is 1. The second-order valence-electron chi connectivity index (χ2n) is 6.89. The third-order valence-corrected chi connectivity index (χ3v) is 6.34. The second-order valence-corrected chi connectivity index (χ2v) is 8.62. The first-order valence-corrected chi connectivity index (χ1v) is 9.98. The predicted octanol–water partition coefficient (Wildman–Crippen LogP) is 2.43. The Balaban J connectivity index is 1.64. The molecule has 0 saturated carbocycles. The van der Waals surface area contributed by atoms with Gasteiger partial charge in [0.2, 0.25) is 15.9 Å². The number of benzene rings is 2. The first-order chi connectivity index (χ1) is 12.7. The fourth-order valence-corrected chi connectivity index (χ4v) is 4.32. The molecule has 0 spiro atoms. The van der Waals surface area contributed by atoms with Crippen LogP contribution in [0, 0.1) is 11.6 Å². The number of carbonyl (C=O) groups excluding carboxylic acids is 1. The standard InChI is InChI=1S/C19H20F2N2O3S/c1-19(14-6-8-15(20)9-7-14)10-11-23(13-19)18(24)12-22-27(25,26)17-5-3-2-4-16(17)21/h2-9,22H,10-13H2,1H3. The average molecular weight is 394 g/mol. The zero-order valence-electron chi connectivity index (χ0n) is 14.8. The van der Waals surface area contributed by atoms with Crippen molar-refractivity contribution in [2.24, 2.45) is 0 Å². The Kier molecular flexibility index (Phi) is 5.30. The summed E-state index contributed by atoms with van der Waals surface area (Å²) in [5.74, 6) is -1.58. The van der Waals surface area contributed by atoms with Crippen LogP contribution in [-0.2, 0) is 20.2 Å². The topological polar surface area (TPSA) is 66.5 Å². The molecule has 1 amide bonds. The van der Waals surface area contributed by atoms with E-state index in [4.69, 9.17) is 0 Å². The zero-order chi connectivity index (χ0) is 19.7. The lowest BCUT2D eigenvalue weighted by Crippen LogP contribution is -2.40. The minimum atomic E-state index is -4.12. The van der Waals surface area contributed by atoms with Crippen molar-refractivity contribution in [3.05, 3.63) is 65.7 Å². The van der Waals surface area contributed by atoms with Gasteiger partial charge in [0.25, 0.3) is 0 Å².